The van der Waals surface area contributed by atoms with Crippen LogP contribution in [0.3, 0.4) is 0 Å². The lowest BCUT2D eigenvalue weighted by molar-refractivity contribution is -0.0512. The maximum absolute atomic E-state index is 12.3. The SMILES string of the molecule is COc1cc(C(=O)OCc2ccc3c(c2)OCO3)ccc1OC(F)F. The Hall–Kier alpha value is -3.03. The van der Waals surface area contributed by atoms with E-state index in [0.29, 0.717) is 11.5 Å². The molecule has 0 amide bonds. The number of esters is 1. The number of alkyl halides is 2. The maximum atomic E-state index is 12.3. The minimum atomic E-state index is -2.99. The molecule has 1 aliphatic heterocycles. The van der Waals surface area contributed by atoms with Gasteiger partial charge in [0.2, 0.25) is 6.79 Å². The van der Waals surface area contributed by atoms with E-state index in [4.69, 9.17) is 18.9 Å². The number of fused-ring (bicyclic) bond motifs is 1. The molecule has 0 aliphatic carbocycles. The molecule has 2 aromatic rings. The van der Waals surface area contributed by atoms with Gasteiger partial charge >= 0.3 is 12.6 Å². The molecule has 0 N–H and O–H groups in total. The second kappa shape index (κ2) is 7.25. The molecule has 0 spiro atoms. The molecular formula is C17H14F2O6. The first-order valence-corrected chi connectivity index (χ1v) is 7.25. The van der Waals surface area contributed by atoms with E-state index in [0.717, 1.165) is 5.56 Å². The van der Waals surface area contributed by atoms with Crippen molar-refractivity contribution in [2.45, 2.75) is 13.2 Å². The lowest BCUT2D eigenvalue weighted by Crippen LogP contribution is -2.07. The van der Waals surface area contributed by atoms with Gasteiger partial charge in [-0.15, -0.1) is 0 Å². The predicted molar refractivity (Wildman–Crippen MR) is 81.3 cm³/mol. The van der Waals surface area contributed by atoms with E-state index < -0.39 is 12.6 Å². The fourth-order valence-corrected chi connectivity index (χ4v) is 2.25. The van der Waals surface area contributed by atoms with Crippen LogP contribution in [0.5, 0.6) is 23.0 Å². The van der Waals surface area contributed by atoms with Crippen molar-refractivity contribution in [3.05, 3.63) is 47.5 Å². The van der Waals surface area contributed by atoms with E-state index in [2.05, 4.69) is 4.74 Å². The Balaban J connectivity index is 1.66. The topological polar surface area (TPSA) is 63.2 Å². The molecule has 6 nitrogen and oxygen atoms in total. The Morgan fingerprint density at radius 2 is 1.92 bits per heavy atom. The van der Waals surface area contributed by atoms with Crippen molar-refractivity contribution in [2.75, 3.05) is 13.9 Å². The van der Waals surface area contributed by atoms with E-state index in [1.165, 1.54) is 25.3 Å². The summed E-state index contributed by atoms with van der Waals surface area (Å²) in [5.41, 5.74) is 0.876. The van der Waals surface area contributed by atoms with Crippen molar-refractivity contribution in [3.8, 4) is 23.0 Å². The Kier molecular flexibility index (Phi) is 4.87. The third-order valence-corrected chi connectivity index (χ3v) is 3.42. The molecule has 1 heterocycles. The lowest BCUT2D eigenvalue weighted by atomic mass is 10.2. The number of ether oxygens (including phenoxy) is 5. The first-order valence-electron chi connectivity index (χ1n) is 7.25. The molecule has 0 atom stereocenters. The zero-order chi connectivity index (χ0) is 17.8. The van der Waals surface area contributed by atoms with Crippen molar-refractivity contribution < 1.29 is 37.3 Å². The maximum Gasteiger partial charge on any atom is 0.387 e. The van der Waals surface area contributed by atoms with Crippen molar-refractivity contribution >= 4 is 5.97 Å². The summed E-state index contributed by atoms with van der Waals surface area (Å²) in [5, 5.41) is 0. The van der Waals surface area contributed by atoms with Gasteiger partial charge in [-0.05, 0) is 35.9 Å². The molecular weight excluding hydrogens is 338 g/mol. The van der Waals surface area contributed by atoms with E-state index in [-0.39, 0.29) is 30.5 Å². The van der Waals surface area contributed by atoms with Crippen LogP contribution in [0.15, 0.2) is 36.4 Å². The summed E-state index contributed by atoms with van der Waals surface area (Å²) < 4.78 is 49.6. The molecule has 132 valence electrons. The molecule has 0 fully saturated rings. The first kappa shape index (κ1) is 16.8. The van der Waals surface area contributed by atoms with Gasteiger partial charge in [-0.25, -0.2) is 4.79 Å². The third-order valence-electron chi connectivity index (χ3n) is 3.42. The minimum Gasteiger partial charge on any atom is -0.493 e. The van der Waals surface area contributed by atoms with Crippen LogP contribution in [0, 0.1) is 0 Å². The second-order valence-electron chi connectivity index (χ2n) is 5.01. The Morgan fingerprint density at radius 3 is 2.68 bits per heavy atom. The summed E-state index contributed by atoms with van der Waals surface area (Å²) >= 11 is 0. The summed E-state index contributed by atoms with van der Waals surface area (Å²) in [4.78, 5) is 12.1. The average molecular weight is 352 g/mol. The molecule has 2 aromatic carbocycles. The van der Waals surface area contributed by atoms with E-state index in [9.17, 15) is 13.6 Å². The molecule has 0 aromatic heterocycles. The average Bonchev–Trinajstić information content (AvgIpc) is 3.07. The van der Waals surface area contributed by atoms with Crippen LogP contribution in [0.2, 0.25) is 0 Å². The third kappa shape index (κ3) is 3.90. The van der Waals surface area contributed by atoms with E-state index >= 15 is 0 Å². The van der Waals surface area contributed by atoms with Crippen molar-refractivity contribution in [1.29, 1.82) is 0 Å². The summed E-state index contributed by atoms with van der Waals surface area (Å²) in [6.45, 7) is -2.81. The standard InChI is InChI=1S/C17H14F2O6/c1-21-14-7-11(3-5-13(14)25-17(18)19)16(20)22-8-10-2-4-12-15(6-10)24-9-23-12/h2-7,17H,8-9H2,1H3. The Bertz CT molecular complexity index is 778. The Labute approximate surface area is 141 Å². The summed E-state index contributed by atoms with van der Waals surface area (Å²) in [6.07, 6.45) is 0. The quantitative estimate of drug-likeness (QED) is 0.743. The highest BCUT2D eigenvalue weighted by Crippen LogP contribution is 2.33. The summed E-state index contributed by atoms with van der Waals surface area (Å²) in [5.74, 6) is 0.445. The fraction of sp³-hybridized carbons (Fsp3) is 0.235. The van der Waals surface area contributed by atoms with Crippen LogP contribution in [0.1, 0.15) is 15.9 Å². The molecule has 3 rings (SSSR count). The van der Waals surface area contributed by atoms with E-state index in [1.807, 2.05) is 0 Å². The number of methoxy groups -OCH3 is 1. The molecule has 25 heavy (non-hydrogen) atoms. The number of hydrogen-bond donors (Lipinski definition) is 0. The number of carbonyl (C=O) groups excluding carboxylic acids is 1. The predicted octanol–water partition coefficient (Wildman–Crippen LogP) is 3.38. The second-order valence-corrected chi connectivity index (χ2v) is 5.01. The smallest absolute Gasteiger partial charge is 0.387 e. The molecule has 0 bridgehead atoms. The number of halogens is 2. The zero-order valence-corrected chi connectivity index (χ0v) is 13.2. The van der Waals surface area contributed by atoms with Gasteiger partial charge in [-0.2, -0.15) is 8.78 Å². The van der Waals surface area contributed by atoms with Gasteiger partial charge < -0.3 is 23.7 Å². The van der Waals surface area contributed by atoms with Gasteiger partial charge in [-0.1, -0.05) is 6.07 Å². The molecule has 1 aliphatic rings. The number of rotatable bonds is 6. The molecule has 0 saturated carbocycles. The molecule has 0 unspecified atom stereocenters. The highest BCUT2D eigenvalue weighted by atomic mass is 19.3. The van der Waals surface area contributed by atoms with Gasteiger partial charge in [0.05, 0.1) is 12.7 Å². The van der Waals surface area contributed by atoms with Crippen LogP contribution < -0.4 is 18.9 Å². The van der Waals surface area contributed by atoms with Gasteiger partial charge in [0, 0.05) is 0 Å². The van der Waals surface area contributed by atoms with Crippen LogP contribution in [-0.2, 0) is 11.3 Å². The molecule has 0 saturated heterocycles. The van der Waals surface area contributed by atoms with Crippen LogP contribution in [0.25, 0.3) is 0 Å². The highest BCUT2D eigenvalue weighted by Gasteiger charge is 2.16. The van der Waals surface area contributed by atoms with Gasteiger partial charge in [-0.3, -0.25) is 0 Å². The molecule has 0 radical (unpaired) electrons. The van der Waals surface area contributed by atoms with Crippen LogP contribution in [0.4, 0.5) is 8.78 Å². The number of carbonyl (C=O) groups is 1. The largest absolute Gasteiger partial charge is 0.493 e. The van der Waals surface area contributed by atoms with Gasteiger partial charge in [0.15, 0.2) is 23.0 Å². The van der Waals surface area contributed by atoms with Gasteiger partial charge in [0.1, 0.15) is 6.61 Å². The summed E-state index contributed by atoms with van der Waals surface area (Å²) in [6, 6.07) is 9.02. The monoisotopic (exact) mass is 352 g/mol. The normalized spacial score (nSPS) is 12.2. The van der Waals surface area contributed by atoms with Gasteiger partial charge in [0.25, 0.3) is 0 Å². The Morgan fingerprint density at radius 1 is 1.12 bits per heavy atom. The fourth-order valence-electron chi connectivity index (χ4n) is 2.25. The number of benzene rings is 2. The summed E-state index contributed by atoms with van der Waals surface area (Å²) in [7, 11) is 1.29. The molecule has 8 heteroatoms. The van der Waals surface area contributed by atoms with E-state index in [1.54, 1.807) is 18.2 Å². The van der Waals surface area contributed by atoms with Crippen molar-refractivity contribution in [2.24, 2.45) is 0 Å². The van der Waals surface area contributed by atoms with Crippen molar-refractivity contribution in [3.63, 3.8) is 0 Å². The number of hydrogen-bond acceptors (Lipinski definition) is 6. The van der Waals surface area contributed by atoms with Crippen molar-refractivity contribution in [1.82, 2.24) is 0 Å². The zero-order valence-electron chi connectivity index (χ0n) is 13.2. The lowest BCUT2D eigenvalue weighted by Gasteiger charge is -2.11. The first-order chi connectivity index (χ1) is 12.1. The highest BCUT2D eigenvalue weighted by molar-refractivity contribution is 5.90. The van der Waals surface area contributed by atoms with Crippen LogP contribution >= 0.6 is 0 Å². The van der Waals surface area contributed by atoms with Crippen LogP contribution in [-0.4, -0.2) is 26.5 Å². The minimum absolute atomic E-state index is 0.0119.